The van der Waals surface area contributed by atoms with Crippen LogP contribution in [0.4, 0.5) is 0 Å². The van der Waals surface area contributed by atoms with E-state index in [0.717, 1.165) is 0 Å². The molecule has 11 nitrogen and oxygen atoms in total. The lowest BCUT2D eigenvalue weighted by molar-refractivity contribution is -0.123. The fraction of sp³-hybridized carbons (Fsp3) is 0.595. The average Bonchev–Trinajstić information content (AvgIpc) is 3.07. The lowest BCUT2D eigenvalue weighted by Crippen LogP contribution is -2.58. The summed E-state index contributed by atoms with van der Waals surface area (Å²) >= 11 is 0. The summed E-state index contributed by atoms with van der Waals surface area (Å²) in [6.45, 7) is 16.7. The number of nitrogens with zero attached hydrogens (tertiary/aromatic N) is 2. The zero-order valence-electron chi connectivity index (χ0n) is 30.2. The molecule has 2 aromatic rings. The first-order chi connectivity index (χ1) is 22.7. The van der Waals surface area contributed by atoms with Crippen LogP contribution in [0.2, 0.25) is 0 Å². The fourth-order valence-corrected chi connectivity index (χ4v) is 4.17. The number of aromatic nitrogens is 2. The second-order valence-electron chi connectivity index (χ2n) is 12.4. The number of ketones is 4. The highest BCUT2D eigenvalue weighted by Crippen LogP contribution is 2.17. The van der Waals surface area contributed by atoms with E-state index in [9.17, 15) is 24.0 Å². The SMILES string of the molecule is CC.CC(=O)c1ccc(-c2ccc(C(=O)NC(COCCC(=O)C(C)C)(COCCC(=O)C(C)C)COCCC(=O)C(C)C)cn2)nc1.[HH]. The summed E-state index contributed by atoms with van der Waals surface area (Å²) in [6.07, 6.45) is 3.53. The molecular formula is C37H57N3O8. The minimum absolute atomic E-state index is 0. The Bertz CT molecular complexity index is 1240. The molecule has 0 aliphatic heterocycles. The molecule has 2 aromatic heterocycles. The summed E-state index contributed by atoms with van der Waals surface area (Å²) in [5.41, 5.74) is 0.603. The van der Waals surface area contributed by atoms with Gasteiger partial charge in [-0.2, -0.15) is 0 Å². The van der Waals surface area contributed by atoms with Crippen LogP contribution in [-0.4, -0.2) is 84.2 Å². The number of ether oxygens (including phenoxy) is 3. The van der Waals surface area contributed by atoms with E-state index in [1.165, 1.54) is 19.3 Å². The molecule has 1 amide bonds. The first-order valence-electron chi connectivity index (χ1n) is 16.8. The average molecular weight is 672 g/mol. The molecule has 0 unspecified atom stereocenters. The Labute approximate surface area is 287 Å². The van der Waals surface area contributed by atoms with Crippen LogP contribution >= 0.6 is 0 Å². The summed E-state index contributed by atoms with van der Waals surface area (Å²) < 4.78 is 17.7. The van der Waals surface area contributed by atoms with Crippen molar-refractivity contribution in [2.24, 2.45) is 17.8 Å². The molecule has 0 spiro atoms. The van der Waals surface area contributed by atoms with E-state index < -0.39 is 11.4 Å². The van der Waals surface area contributed by atoms with E-state index in [1.807, 2.05) is 55.4 Å². The minimum atomic E-state index is -1.21. The summed E-state index contributed by atoms with van der Waals surface area (Å²) in [6, 6.07) is 6.62. The fourth-order valence-electron chi connectivity index (χ4n) is 4.17. The molecule has 2 rings (SSSR count). The Morgan fingerprint density at radius 3 is 1.29 bits per heavy atom. The number of amides is 1. The topological polar surface area (TPSA) is 151 Å². The second-order valence-corrected chi connectivity index (χ2v) is 12.4. The molecule has 268 valence electrons. The molecule has 0 aliphatic rings. The van der Waals surface area contributed by atoms with E-state index in [0.29, 0.717) is 17.0 Å². The standard InChI is InChI=1S/C35H49N3O8.C2H6.H2/c1-23(2)31(40)12-15-44-20-35(21-45-16-13-32(41)24(3)4,22-46-17-14-33(42)25(5)6)38-34(43)28-9-11-30(37-19-28)29-10-8-27(18-36-29)26(7)39;1-2;/h8-11,18-19,23-25H,12-17,20-22H2,1-7H3,(H,38,43);1-2H3;1H. The van der Waals surface area contributed by atoms with Crippen LogP contribution in [0.25, 0.3) is 11.4 Å². The number of pyridine rings is 2. The van der Waals surface area contributed by atoms with Gasteiger partial charge in [-0.25, -0.2) is 0 Å². The van der Waals surface area contributed by atoms with Crippen molar-refractivity contribution in [1.29, 1.82) is 0 Å². The van der Waals surface area contributed by atoms with E-state index in [4.69, 9.17) is 14.2 Å². The number of hydrogen-bond donors (Lipinski definition) is 1. The van der Waals surface area contributed by atoms with Crippen molar-refractivity contribution in [2.45, 2.75) is 87.1 Å². The maximum absolute atomic E-state index is 13.6. The van der Waals surface area contributed by atoms with Gasteiger partial charge in [-0.1, -0.05) is 55.4 Å². The van der Waals surface area contributed by atoms with Crippen molar-refractivity contribution in [3.05, 3.63) is 47.8 Å². The maximum Gasteiger partial charge on any atom is 0.253 e. The smallest absolute Gasteiger partial charge is 0.253 e. The van der Waals surface area contributed by atoms with Gasteiger partial charge in [-0.15, -0.1) is 0 Å². The van der Waals surface area contributed by atoms with E-state index in [2.05, 4.69) is 15.3 Å². The number of hydrogen-bond acceptors (Lipinski definition) is 10. The van der Waals surface area contributed by atoms with Crippen LogP contribution in [0.3, 0.4) is 0 Å². The second kappa shape index (κ2) is 22.1. The van der Waals surface area contributed by atoms with Crippen LogP contribution in [0.15, 0.2) is 36.7 Å². The zero-order chi connectivity index (χ0) is 36.3. The Morgan fingerprint density at radius 1 is 0.646 bits per heavy atom. The van der Waals surface area contributed by atoms with Crippen LogP contribution in [0.1, 0.15) is 104 Å². The number of nitrogens with one attached hydrogen (secondary N) is 1. The molecule has 48 heavy (non-hydrogen) atoms. The van der Waals surface area contributed by atoms with Gasteiger partial charge in [0.05, 0.1) is 56.6 Å². The molecule has 0 bridgehead atoms. The molecular weight excluding hydrogens is 614 g/mol. The lowest BCUT2D eigenvalue weighted by Gasteiger charge is -2.34. The summed E-state index contributed by atoms with van der Waals surface area (Å²) in [4.78, 5) is 70.4. The third-order valence-electron chi connectivity index (χ3n) is 7.38. The van der Waals surface area contributed by atoms with Gasteiger partial charge in [0.1, 0.15) is 22.9 Å². The van der Waals surface area contributed by atoms with E-state index >= 15 is 0 Å². The van der Waals surface area contributed by atoms with Gasteiger partial charge in [0.15, 0.2) is 5.78 Å². The van der Waals surface area contributed by atoms with Crippen LogP contribution in [0.5, 0.6) is 0 Å². The summed E-state index contributed by atoms with van der Waals surface area (Å²) in [5, 5.41) is 3.00. The first-order valence-corrected chi connectivity index (χ1v) is 16.8. The van der Waals surface area contributed by atoms with Gasteiger partial charge >= 0.3 is 0 Å². The number of rotatable bonds is 22. The van der Waals surface area contributed by atoms with Crippen LogP contribution < -0.4 is 5.32 Å². The van der Waals surface area contributed by atoms with E-state index in [1.54, 1.807) is 24.3 Å². The predicted molar refractivity (Wildman–Crippen MR) is 187 cm³/mol. The molecule has 0 atom stereocenters. The molecule has 11 heteroatoms. The Kier molecular flexibility index (Phi) is 19.5. The molecule has 0 saturated carbocycles. The lowest BCUT2D eigenvalue weighted by atomic mass is 10.0. The van der Waals surface area contributed by atoms with Gasteiger partial charge in [0.25, 0.3) is 5.91 Å². The third kappa shape index (κ3) is 15.0. The number of carbonyl (C=O) groups is 5. The largest absolute Gasteiger partial charge is 0.378 e. The molecule has 0 radical (unpaired) electrons. The Balaban J connectivity index is 0.00000753. The number of carbonyl (C=O) groups excluding carboxylic acids is 5. The molecule has 1 N–H and O–H groups in total. The maximum atomic E-state index is 13.6. The molecule has 0 aliphatic carbocycles. The first kappa shape index (κ1) is 42.4. The highest BCUT2D eigenvalue weighted by Gasteiger charge is 2.34. The number of Topliss-reactive ketones (excluding diaryl/α,β-unsaturated/α-hetero) is 4. The van der Waals surface area contributed by atoms with Gasteiger partial charge in [-0.3, -0.25) is 33.9 Å². The molecule has 0 aromatic carbocycles. The van der Waals surface area contributed by atoms with Crippen molar-refractivity contribution in [1.82, 2.24) is 15.3 Å². The third-order valence-corrected chi connectivity index (χ3v) is 7.38. The minimum Gasteiger partial charge on any atom is -0.378 e. The van der Waals surface area contributed by atoms with E-state index in [-0.39, 0.29) is 107 Å². The van der Waals surface area contributed by atoms with Crippen molar-refractivity contribution in [3.8, 4) is 11.4 Å². The Hall–Kier alpha value is -3.67. The van der Waals surface area contributed by atoms with Crippen LogP contribution in [-0.2, 0) is 28.6 Å². The highest BCUT2D eigenvalue weighted by molar-refractivity contribution is 5.95. The molecule has 0 fully saturated rings. The monoisotopic (exact) mass is 671 g/mol. The quantitative estimate of drug-likeness (QED) is 0.117. The molecule has 0 saturated heterocycles. The van der Waals surface area contributed by atoms with Gasteiger partial charge in [0.2, 0.25) is 0 Å². The van der Waals surface area contributed by atoms with Gasteiger partial charge in [-0.05, 0) is 31.2 Å². The Morgan fingerprint density at radius 2 is 1.00 bits per heavy atom. The highest BCUT2D eigenvalue weighted by atomic mass is 16.5. The van der Waals surface area contributed by atoms with Crippen molar-refractivity contribution in [2.75, 3.05) is 39.6 Å². The van der Waals surface area contributed by atoms with Crippen molar-refractivity contribution >= 4 is 29.0 Å². The van der Waals surface area contributed by atoms with Gasteiger partial charge in [0, 0.05) is 56.4 Å². The van der Waals surface area contributed by atoms with Crippen molar-refractivity contribution < 1.29 is 39.6 Å². The molecule has 2 heterocycles. The van der Waals surface area contributed by atoms with Crippen molar-refractivity contribution in [3.63, 3.8) is 0 Å². The zero-order valence-corrected chi connectivity index (χ0v) is 30.2. The summed E-state index contributed by atoms with van der Waals surface area (Å²) in [7, 11) is 0. The van der Waals surface area contributed by atoms with Gasteiger partial charge < -0.3 is 19.5 Å². The predicted octanol–water partition coefficient (Wildman–Crippen LogP) is 5.98. The van der Waals surface area contributed by atoms with Crippen LogP contribution in [0, 0.1) is 17.8 Å². The summed E-state index contributed by atoms with van der Waals surface area (Å²) in [5.74, 6) is -0.791. The normalized spacial score (nSPS) is 11.3.